The van der Waals surface area contributed by atoms with Crippen molar-refractivity contribution < 1.29 is 14.6 Å². The highest BCUT2D eigenvalue weighted by molar-refractivity contribution is 5.66. The highest BCUT2D eigenvalue weighted by Gasteiger charge is 1.98. The summed E-state index contributed by atoms with van der Waals surface area (Å²) in [6.45, 7) is 0.415. The molecule has 0 aliphatic rings. The molecule has 0 aliphatic carbocycles. The largest absolute Gasteiger partial charge is 0.490 e. The van der Waals surface area contributed by atoms with Crippen molar-refractivity contribution in [3.63, 3.8) is 0 Å². The Kier molecular flexibility index (Phi) is 3.31. The van der Waals surface area contributed by atoms with Crippen molar-refractivity contribution in [2.75, 3.05) is 6.61 Å². The fourth-order valence-corrected chi connectivity index (χ4v) is 0.887. The zero-order valence-corrected chi connectivity index (χ0v) is 7.43. The number of aryl methyl sites for hydroxylation is 1. The van der Waals surface area contributed by atoms with Crippen LogP contribution in [0.15, 0.2) is 12.4 Å². The number of ether oxygens (including phenoxy) is 1. The van der Waals surface area contributed by atoms with Crippen LogP contribution < -0.4 is 4.74 Å². The van der Waals surface area contributed by atoms with E-state index in [1.165, 1.54) is 0 Å². The summed E-state index contributed by atoms with van der Waals surface area (Å²) in [6, 6.07) is 0. The molecule has 0 atom stereocenters. The number of hydrogen-bond acceptors (Lipinski definition) is 3. The average Bonchev–Trinajstić information content (AvgIpc) is 2.45. The number of carboxylic acids is 1. The van der Waals surface area contributed by atoms with E-state index in [0.717, 1.165) is 0 Å². The fourth-order valence-electron chi connectivity index (χ4n) is 0.887. The fraction of sp³-hybridized carbons (Fsp3) is 0.500. The van der Waals surface area contributed by atoms with Gasteiger partial charge in [0.1, 0.15) is 0 Å². The molecule has 0 aromatic carbocycles. The number of nitrogens with zero attached hydrogens (tertiary/aromatic N) is 2. The van der Waals surface area contributed by atoms with Crippen molar-refractivity contribution in [2.45, 2.75) is 12.8 Å². The van der Waals surface area contributed by atoms with Crippen LogP contribution in [0.25, 0.3) is 0 Å². The van der Waals surface area contributed by atoms with Gasteiger partial charge in [-0.1, -0.05) is 0 Å². The van der Waals surface area contributed by atoms with Crippen LogP contribution in [-0.4, -0.2) is 27.5 Å². The molecule has 0 fully saturated rings. The third-order valence-electron chi connectivity index (χ3n) is 1.48. The molecule has 0 aliphatic heterocycles. The maximum absolute atomic E-state index is 10.1. The van der Waals surface area contributed by atoms with E-state index in [9.17, 15) is 4.79 Å². The Hall–Kier alpha value is -1.52. The van der Waals surface area contributed by atoms with Crippen LogP contribution in [0.1, 0.15) is 12.8 Å². The summed E-state index contributed by atoms with van der Waals surface area (Å²) in [7, 11) is 1.80. The predicted octanol–water partition coefficient (Wildman–Crippen LogP) is 0.664. The molecule has 5 nitrogen and oxygen atoms in total. The van der Waals surface area contributed by atoms with Crippen LogP contribution in [0.3, 0.4) is 0 Å². The van der Waals surface area contributed by atoms with Crippen molar-refractivity contribution in [2.24, 2.45) is 7.05 Å². The quantitative estimate of drug-likeness (QED) is 0.683. The van der Waals surface area contributed by atoms with Gasteiger partial charge in [0.2, 0.25) is 0 Å². The summed E-state index contributed by atoms with van der Waals surface area (Å²) < 4.78 is 6.86. The molecule has 5 heteroatoms. The molecule has 13 heavy (non-hydrogen) atoms. The summed E-state index contributed by atoms with van der Waals surface area (Å²) in [4.78, 5) is 10.1. The molecule has 0 spiro atoms. The van der Waals surface area contributed by atoms with E-state index in [4.69, 9.17) is 9.84 Å². The summed E-state index contributed by atoms with van der Waals surface area (Å²) in [5, 5.41) is 12.2. The van der Waals surface area contributed by atoms with E-state index in [1.807, 2.05) is 0 Å². The summed E-state index contributed by atoms with van der Waals surface area (Å²) in [5.74, 6) is -0.123. The maximum Gasteiger partial charge on any atom is 0.303 e. The predicted molar refractivity (Wildman–Crippen MR) is 45.6 cm³/mol. The third-order valence-corrected chi connectivity index (χ3v) is 1.48. The highest BCUT2D eigenvalue weighted by Crippen LogP contribution is 2.07. The molecule has 0 saturated heterocycles. The van der Waals surface area contributed by atoms with Gasteiger partial charge >= 0.3 is 5.97 Å². The van der Waals surface area contributed by atoms with Crippen LogP contribution in [0.4, 0.5) is 0 Å². The minimum absolute atomic E-state index is 0.139. The molecule has 1 rings (SSSR count). The van der Waals surface area contributed by atoms with Crippen molar-refractivity contribution >= 4 is 5.97 Å². The lowest BCUT2D eigenvalue weighted by atomic mass is 10.3. The SMILES string of the molecule is Cn1cc(OCCCC(=O)O)cn1. The van der Waals surface area contributed by atoms with E-state index in [0.29, 0.717) is 18.8 Å². The summed E-state index contributed by atoms with van der Waals surface area (Å²) in [6.07, 6.45) is 3.99. The molecule has 1 aromatic heterocycles. The third kappa shape index (κ3) is 3.59. The first-order valence-electron chi connectivity index (χ1n) is 4.02. The molecule has 1 N–H and O–H groups in total. The number of rotatable bonds is 5. The van der Waals surface area contributed by atoms with Crippen LogP contribution in [0.5, 0.6) is 5.75 Å². The zero-order chi connectivity index (χ0) is 9.68. The standard InChI is InChI=1S/C8H12N2O3/c1-10-6-7(5-9-10)13-4-2-3-8(11)12/h5-6H,2-4H2,1H3,(H,11,12). The second-order valence-electron chi connectivity index (χ2n) is 2.70. The first kappa shape index (κ1) is 9.57. The van der Waals surface area contributed by atoms with Crippen molar-refractivity contribution in [3.05, 3.63) is 12.4 Å². The van der Waals surface area contributed by atoms with Gasteiger partial charge in [-0.05, 0) is 6.42 Å². The van der Waals surface area contributed by atoms with E-state index in [-0.39, 0.29) is 6.42 Å². The Balaban J connectivity index is 2.16. The second kappa shape index (κ2) is 4.49. The Morgan fingerprint density at radius 2 is 2.54 bits per heavy atom. The van der Waals surface area contributed by atoms with E-state index in [1.54, 1.807) is 24.1 Å². The van der Waals surface area contributed by atoms with Gasteiger partial charge in [0.25, 0.3) is 0 Å². The van der Waals surface area contributed by atoms with Gasteiger partial charge in [0, 0.05) is 13.5 Å². The summed E-state index contributed by atoms with van der Waals surface area (Å²) in [5.41, 5.74) is 0. The lowest BCUT2D eigenvalue weighted by molar-refractivity contribution is -0.137. The lowest BCUT2D eigenvalue weighted by Gasteiger charge is -2.00. The minimum Gasteiger partial charge on any atom is -0.490 e. The van der Waals surface area contributed by atoms with Gasteiger partial charge in [-0.2, -0.15) is 5.10 Å². The van der Waals surface area contributed by atoms with Crippen molar-refractivity contribution in [1.82, 2.24) is 9.78 Å². The van der Waals surface area contributed by atoms with Crippen molar-refractivity contribution in [1.29, 1.82) is 0 Å². The van der Waals surface area contributed by atoms with Gasteiger partial charge in [-0.3, -0.25) is 9.48 Å². The lowest BCUT2D eigenvalue weighted by Crippen LogP contribution is -2.01. The zero-order valence-electron chi connectivity index (χ0n) is 7.43. The topological polar surface area (TPSA) is 64.3 Å². The smallest absolute Gasteiger partial charge is 0.303 e. The Bertz CT molecular complexity index is 283. The van der Waals surface area contributed by atoms with Crippen LogP contribution in [0, 0.1) is 0 Å². The van der Waals surface area contributed by atoms with Gasteiger partial charge in [0.15, 0.2) is 5.75 Å². The van der Waals surface area contributed by atoms with E-state index >= 15 is 0 Å². The van der Waals surface area contributed by atoms with E-state index in [2.05, 4.69) is 5.10 Å². The Labute approximate surface area is 75.9 Å². The second-order valence-corrected chi connectivity index (χ2v) is 2.70. The molecule has 0 bridgehead atoms. The van der Waals surface area contributed by atoms with Crippen LogP contribution >= 0.6 is 0 Å². The molecular weight excluding hydrogens is 172 g/mol. The number of carboxylic acid groups (broad SMARTS) is 1. The molecule has 72 valence electrons. The highest BCUT2D eigenvalue weighted by atomic mass is 16.5. The number of hydrogen-bond donors (Lipinski definition) is 1. The van der Waals surface area contributed by atoms with Gasteiger partial charge < -0.3 is 9.84 Å². The Morgan fingerprint density at radius 1 is 1.77 bits per heavy atom. The first-order valence-corrected chi connectivity index (χ1v) is 4.02. The van der Waals surface area contributed by atoms with Crippen molar-refractivity contribution in [3.8, 4) is 5.75 Å². The van der Waals surface area contributed by atoms with Gasteiger partial charge in [0.05, 0.1) is 19.0 Å². The van der Waals surface area contributed by atoms with Crippen LogP contribution in [0.2, 0.25) is 0 Å². The molecular formula is C8H12N2O3. The molecule has 1 heterocycles. The monoisotopic (exact) mass is 184 g/mol. The van der Waals surface area contributed by atoms with Crippen LogP contribution in [-0.2, 0) is 11.8 Å². The molecule has 1 aromatic rings. The molecule has 0 amide bonds. The van der Waals surface area contributed by atoms with Gasteiger partial charge in [-0.25, -0.2) is 0 Å². The first-order chi connectivity index (χ1) is 6.18. The number of carbonyl (C=O) groups is 1. The molecule has 0 unspecified atom stereocenters. The average molecular weight is 184 g/mol. The Morgan fingerprint density at radius 3 is 3.08 bits per heavy atom. The normalized spacial score (nSPS) is 9.92. The minimum atomic E-state index is -0.796. The van der Waals surface area contributed by atoms with E-state index < -0.39 is 5.97 Å². The summed E-state index contributed by atoms with van der Waals surface area (Å²) >= 11 is 0. The molecule has 0 saturated carbocycles. The molecule has 0 radical (unpaired) electrons. The number of aromatic nitrogens is 2. The number of aliphatic carboxylic acids is 1. The maximum atomic E-state index is 10.1. The van der Waals surface area contributed by atoms with Gasteiger partial charge in [-0.15, -0.1) is 0 Å².